The van der Waals surface area contributed by atoms with Crippen LogP contribution in [0.5, 0.6) is 0 Å². The Balaban J connectivity index is 1.98. The standard InChI is InChI=1S/C17H27N3O/c1-12-7-8-20(13(2)9-12)14(3)17(21)19-16-6-4-5-15(10-16)11-18/h4-6,10,12-14H,7-9,11,18H2,1-3H3,(H,19,21). The first-order valence-corrected chi connectivity index (χ1v) is 7.87. The Kier molecular flexibility index (Phi) is 5.37. The smallest absolute Gasteiger partial charge is 0.241 e. The summed E-state index contributed by atoms with van der Waals surface area (Å²) < 4.78 is 0. The number of carbonyl (C=O) groups excluding carboxylic acids is 1. The van der Waals surface area contributed by atoms with Crippen molar-refractivity contribution in [2.24, 2.45) is 11.7 Å². The molecular weight excluding hydrogens is 262 g/mol. The Bertz CT molecular complexity index is 489. The van der Waals surface area contributed by atoms with Crippen molar-refractivity contribution in [1.82, 2.24) is 4.90 Å². The first-order chi connectivity index (χ1) is 10.0. The van der Waals surface area contributed by atoms with Crippen LogP contribution in [0.15, 0.2) is 24.3 Å². The zero-order valence-corrected chi connectivity index (χ0v) is 13.3. The highest BCUT2D eigenvalue weighted by Gasteiger charge is 2.30. The van der Waals surface area contributed by atoms with Crippen LogP contribution in [-0.4, -0.2) is 29.4 Å². The van der Waals surface area contributed by atoms with Gasteiger partial charge in [-0.25, -0.2) is 0 Å². The highest BCUT2D eigenvalue weighted by atomic mass is 16.2. The van der Waals surface area contributed by atoms with Crippen LogP contribution in [0.25, 0.3) is 0 Å². The van der Waals surface area contributed by atoms with Crippen LogP contribution < -0.4 is 11.1 Å². The van der Waals surface area contributed by atoms with Crippen molar-refractivity contribution in [3.8, 4) is 0 Å². The second-order valence-corrected chi connectivity index (χ2v) is 6.29. The Hall–Kier alpha value is -1.39. The van der Waals surface area contributed by atoms with Gasteiger partial charge in [-0.1, -0.05) is 19.1 Å². The molecule has 116 valence electrons. The number of amides is 1. The van der Waals surface area contributed by atoms with Crippen LogP contribution in [0, 0.1) is 5.92 Å². The van der Waals surface area contributed by atoms with E-state index in [1.165, 1.54) is 12.8 Å². The van der Waals surface area contributed by atoms with Crippen LogP contribution in [0.2, 0.25) is 0 Å². The summed E-state index contributed by atoms with van der Waals surface area (Å²) in [4.78, 5) is 14.8. The third-order valence-corrected chi connectivity index (χ3v) is 4.50. The molecule has 1 fully saturated rings. The number of hydrogen-bond donors (Lipinski definition) is 2. The molecule has 4 heteroatoms. The summed E-state index contributed by atoms with van der Waals surface area (Å²) in [6.45, 7) is 7.99. The second kappa shape index (κ2) is 7.05. The maximum Gasteiger partial charge on any atom is 0.241 e. The number of carbonyl (C=O) groups is 1. The van der Waals surface area contributed by atoms with Crippen molar-refractivity contribution in [2.45, 2.75) is 52.2 Å². The third-order valence-electron chi connectivity index (χ3n) is 4.50. The lowest BCUT2D eigenvalue weighted by Crippen LogP contribution is -2.50. The zero-order chi connectivity index (χ0) is 15.4. The first-order valence-electron chi connectivity index (χ1n) is 7.87. The largest absolute Gasteiger partial charge is 0.326 e. The fourth-order valence-electron chi connectivity index (χ4n) is 3.17. The molecule has 0 aromatic heterocycles. The molecule has 0 saturated carbocycles. The Morgan fingerprint density at radius 2 is 2.24 bits per heavy atom. The summed E-state index contributed by atoms with van der Waals surface area (Å²) in [6.07, 6.45) is 2.34. The summed E-state index contributed by atoms with van der Waals surface area (Å²) in [6, 6.07) is 8.09. The molecule has 1 amide bonds. The van der Waals surface area contributed by atoms with Gasteiger partial charge in [-0.15, -0.1) is 0 Å². The van der Waals surface area contributed by atoms with Gasteiger partial charge in [-0.2, -0.15) is 0 Å². The minimum atomic E-state index is -0.103. The van der Waals surface area contributed by atoms with Crippen molar-refractivity contribution in [3.63, 3.8) is 0 Å². The van der Waals surface area contributed by atoms with Gasteiger partial charge in [0.1, 0.15) is 0 Å². The van der Waals surface area contributed by atoms with E-state index < -0.39 is 0 Å². The molecular formula is C17H27N3O. The minimum Gasteiger partial charge on any atom is -0.326 e. The molecule has 1 aromatic carbocycles. The van der Waals surface area contributed by atoms with Crippen LogP contribution >= 0.6 is 0 Å². The molecule has 0 bridgehead atoms. The lowest BCUT2D eigenvalue weighted by Gasteiger charge is -2.39. The molecule has 1 heterocycles. The monoisotopic (exact) mass is 289 g/mol. The fraction of sp³-hybridized carbons (Fsp3) is 0.588. The summed E-state index contributed by atoms with van der Waals surface area (Å²) in [5.74, 6) is 0.818. The van der Waals surface area contributed by atoms with Gasteiger partial charge in [0.25, 0.3) is 0 Å². The minimum absolute atomic E-state index is 0.0607. The molecule has 1 aliphatic rings. The lowest BCUT2D eigenvalue weighted by atomic mass is 9.92. The maximum absolute atomic E-state index is 12.5. The average Bonchev–Trinajstić information content (AvgIpc) is 2.46. The van der Waals surface area contributed by atoms with Crippen molar-refractivity contribution >= 4 is 11.6 Å². The molecule has 1 aliphatic heterocycles. The molecule has 3 unspecified atom stereocenters. The van der Waals surface area contributed by atoms with E-state index >= 15 is 0 Å². The van der Waals surface area contributed by atoms with Gasteiger partial charge in [0.05, 0.1) is 6.04 Å². The molecule has 0 spiro atoms. The molecule has 2 rings (SSSR count). The zero-order valence-electron chi connectivity index (χ0n) is 13.3. The molecule has 0 aliphatic carbocycles. The number of likely N-dealkylation sites (tertiary alicyclic amines) is 1. The number of benzene rings is 1. The second-order valence-electron chi connectivity index (χ2n) is 6.29. The number of rotatable bonds is 4. The van der Waals surface area contributed by atoms with Gasteiger partial charge < -0.3 is 11.1 Å². The van der Waals surface area contributed by atoms with Gasteiger partial charge in [0, 0.05) is 18.3 Å². The van der Waals surface area contributed by atoms with Crippen LogP contribution in [0.3, 0.4) is 0 Å². The molecule has 1 aromatic rings. The summed E-state index contributed by atoms with van der Waals surface area (Å²) in [5, 5.41) is 3.01. The molecule has 1 saturated heterocycles. The molecule has 21 heavy (non-hydrogen) atoms. The van der Waals surface area contributed by atoms with E-state index in [0.717, 1.165) is 23.7 Å². The predicted molar refractivity (Wildman–Crippen MR) is 87.0 cm³/mol. The third kappa shape index (κ3) is 4.05. The number of anilines is 1. The predicted octanol–water partition coefficient (Wildman–Crippen LogP) is 2.59. The van der Waals surface area contributed by atoms with Gasteiger partial charge in [-0.05, 0) is 56.8 Å². The van der Waals surface area contributed by atoms with E-state index in [1.54, 1.807) is 0 Å². The van der Waals surface area contributed by atoms with E-state index in [9.17, 15) is 4.79 Å². The SMILES string of the molecule is CC1CCN(C(C)C(=O)Nc2cccc(CN)c2)C(C)C1. The van der Waals surface area contributed by atoms with Crippen LogP contribution in [-0.2, 0) is 11.3 Å². The summed E-state index contributed by atoms with van der Waals surface area (Å²) in [7, 11) is 0. The van der Waals surface area contributed by atoms with Crippen molar-refractivity contribution in [1.29, 1.82) is 0 Å². The van der Waals surface area contributed by atoms with E-state index in [0.29, 0.717) is 12.6 Å². The number of nitrogens with one attached hydrogen (secondary N) is 1. The Morgan fingerprint density at radius 3 is 2.90 bits per heavy atom. The number of piperidine rings is 1. The molecule has 4 nitrogen and oxygen atoms in total. The van der Waals surface area contributed by atoms with Gasteiger partial charge in [-0.3, -0.25) is 9.69 Å². The van der Waals surface area contributed by atoms with Crippen molar-refractivity contribution in [3.05, 3.63) is 29.8 Å². The summed E-state index contributed by atoms with van der Waals surface area (Å²) in [5.41, 5.74) is 7.49. The van der Waals surface area contributed by atoms with E-state index in [2.05, 4.69) is 24.1 Å². The fourth-order valence-corrected chi connectivity index (χ4v) is 3.17. The summed E-state index contributed by atoms with van der Waals surface area (Å²) >= 11 is 0. The van der Waals surface area contributed by atoms with Crippen LogP contribution in [0.4, 0.5) is 5.69 Å². The van der Waals surface area contributed by atoms with Gasteiger partial charge >= 0.3 is 0 Å². The average molecular weight is 289 g/mol. The van der Waals surface area contributed by atoms with Gasteiger partial charge in [0.15, 0.2) is 0 Å². The van der Waals surface area contributed by atoms with E-state index in [4.69, 9.17) is 5.73 Å². The van der Waals surface area contributed by atoms with E-state index in [-0.39, 0.29) is 11.9 Å². The highest BCUT2D eigenvalue weighted by Crippen LogP contribution is 2.24. The molecule has 3 atom stereocenters. The number of hydrogen-bond acceptors (Lipinski definition) is 3. The first kappa shape index (κ1) is 16.0. The topological polar surface area (TPSA) is 58.4 Å². The number of nitrogens with two attached hydrogens (primary N) is 1. The Labute approximate surface area is 127 Å². The van der Waals surface area contributed by atoms with E-state index in [1.807, 2.05) is 31.2 Å². The highest BCUT2D eigenvalue weighted by molar-refractivity contribution is 5.94. The Morgan fingerprint density at radius 1 is 1.48 bits per heavy atom. The quantitative estimate of drug-likeness (QED) is 0.895. The van der Waals surface area contributed by atoms with Crippen LogP contribution in [0.1, 0.15) is 39.2 Å². The van der Waals surface area contributed by atoms with Gasteiger partial charge in [0.2, 0.25) is 5.91 Å². The van der Waals surface area contributed by atoms with Crippen molar-refractivity contribution < 1.29 is 4.79 Å². The van der Waals surface area contributed by atoms with Crippen molar-refractivity contribution in [2.75, 3.05) is 11.9 Å². The maximum atomic E-state index is 12.5. The normalized spacial score (nSPS) is 24.6. The number of nitrogens with zero attached hydrogens (tertiary/aromatic N) is 1. The lowest BCUT2D eigenvalue weighted by molar-refractivity contribution is -0.122. The molecule has 3 N–H and O–H groups in total. The molecule has 0 radical (unpaired) electrons.